The minimum Gasteiger partial charge on any atom is -0.315 e. The van der Waals surface area contributed by atoms with E-state index in [2.05, 4.69) is 16.2 Å². The average molecular weight is 329 g/mol. The monoisotopic (exact) mass is 329 g/mol. The molecule has 2 aromatic rings. The highest BCUT2D eigenvalue weighted by atomic mass is 32.2. The standard InChI is InChI=1S/C17H19N3O2S/c1-3-14-11-19-12-15-6-4-7-16(17(14)15)23(21,22)20-9-5-8-18-10-13(20)2/h1,4,6-7,11-13,18H,5,8-10H2,2H3/t13-/m0/s1. The van der Waals surface area contributed by atoms with Crippen LogP contribution in [0.4, 0.5) is 0 Å². The molecule has 1 aromatic carbocycles. The molecule has 1 aliphatic rings. The molecule has 0 amide bonds. The Balaban J connectivity index is 2.21. The number of hydrogen-bond acceptors (Lipinski definition) is 4. The minimum atomic E-state index is -3.62. The molecule has 0 spiro atoms. The highest BCUT2D eigenvalue weighted by Crippen LogP contribution is 2.29. The van der Waals surface area contributed by atoms with Gasteiger partial charge >= 0.3 is 0 Å². The van der Waals surface area contributed by atoms with Gasteiger partial charge in [-0.15, -0.1) is 6.42 Å². The summed E-state index contributed by atoms with van der Waals surface area (Å²) in [5.41, 5.74) is 0.502. The highest BCUT2D eigenvalue weighted by molar-refractivity contribution is 7.89. The van der Waals surface area contributed by atoms with Gasteiger partial charge in [0.05, 0.1) is 10.5 Å². The van der Waals surface area contributed by atoms with Gasteiger partial charge in [-0.2, -0.15) is 4.31 Å². The van der Waals surface area contributed by atoms with Gasteiger partial charge in [-0.05, 0) is 26.0 Å². The number of aromatic nitrogens is 1. The van der Waals surface area contributed by atoms with E-state index >= 15 is 0 Å². The molecule has 1 N–H and O–H groups in total. The van der Waals surface area contributed by atoms with Crippen LogP contribution in [0.2, 0.25) is 0 Å². The summed E-state index contributed by atoms with van der Waals surface area (Å²) in [6.45, 7) is 3.90. The fourth-order valence-corrected chi connectivity index (χ4v) is 4.91. The largest absolute Gasteiger partial charge is 0.315 e. The van der Waals surface area contributed by atoms with Crippen LogP contribution in [0.1, 0.15) is 18.9 Å². The predicted octanol–water partition coefficient (Wildman–Crippen LogP) is 1.59. The van der Waals surface area contributed by atoms with Crippen molar-refractivity contribution in [1.82, 2.24) is 14.6 Å². The number of hydrogen-bond donors (Lipinski definition) is 1. The van der Waals surface area contributed by atoms with E-state index in [1.165, 1.54) is 6.20 Å². The minimum absolute atomic E-state index is 0.103. The van der Waals surface area contributed by atoms with E-state index in [1.807, 2.05) is 13.0 Å². The fourth-order valence-electron chi connectivity index (χ4n) is 3.00. The Kier molecular flexibility index (Phi) is 4.35. The molecule has 0 unspecified atom stereocenters. The van der Waals surface area contributed by atoms with Crippen LogP contribution in [-0.4, -0.2) is 43.4 Å². The molecule has 1 aliphatic heterocycles. The number of nitrogens with one attached hydrogen (secondary N) is 1. The lowest BCUT2D eigenvalue weighted by molar-refractivity contribution is 0.354. The van der Waals surface area contributed by atoms with Crippen molar-refractivity contribution in [1.29, 1.82) is 0 Å². The smallest absolute Gasteiger partial charge is 0.244 e. The maximum Gasteiger partial charge on any atom is 0.244 e. The molecule has 1 aromatic heterocycles. The quantitative estimate of drug-likeness (QED) is 0.850. The molecule has 1 atom stereocenters. The Bertz CT molecular complexity index is 866. The number of sulfonamides is 1. The molecule has 1 saturated heterocycles. The summed E-state index contributed by atoms with van der Waals surface area (Å²) in [6, 6.07) is 5.09. The second-order valence-electron chi connectivity index (χ2n) is 5.71. The second-order valence-corrected chi connectivity index (χ2v) is 7.57. The fraction of sp³-hybridized carbons (Fsp3) is 0.353. The molecule has 120 valence electrons. The van der Waals surface area contributed by atoms with Crippen molar-refractivity contribution in [3.05, 3.63) is 36.2 Å². The molecule has 2 heterocycles. The first-order valence-corrected chi connectivity index (χ1v) is 9.05. The molecule has 0 saturated carbocycles. The number of benzene rings is 1. The zero-order valence-corrected chi connectivity index (χ0v) is 13.8. The molecule has 23 heavy (non-hydrogen) atoms. The average Bonchev–Trinajstić information content (AvgIpc) is 2.78. The lowest BCUT2D eigenvalue weighted by atomic mass is 10.1. The normalized spacial score (nSPS) is 20.1. The van der Waals surface area contributed by atoms with E-state index in [9.17, 15) is 8.42 Å². The number of terminal acetylenes is 1. The first-order chi connectivity index (χ1) is 11.1. The summed E-state index contributed by atoms with van der Waals surface area (Å²) < 4.78 is 28.1. The van der Waals surface area contributed by atoms with Gasteiger partial charge in [-0.3, -0.25) is 4.98 Å². The summed E-state index contributed by atoms with van der Waals surface area (Å²) in [5, 5.41) is 4.58. The number of pyridine rings is 1. The summed E-state index contributed by atoms with van der Waals surface area (Å²) in [5.74, 6) is 2.55. The topological polar surface area (TPSA) is 62.3 Å². The number of fused-ring (bicyclic) bond motifs is 1. The SMILES string of the molecule is C#Cc1cncc2cccc(S(=O)(=O)N3CCCNC[C@@H]3C)c12. The molecule has 0 radical (unpaired) electrons. The third-order valence-electron chi connectivity index (χ3n) is 4.15. The molecule has 0 bridgehead atoms. The van der Waals surface area contributed by atoms with Crippen molar-refractivity contribution in [2.75, 3.05) is 19.6 Å². The highest BCUT2D eigenvalue weighted by Gasteiger charge is 2.31. The van der Waals surface area contributed by atoms with Crippen molar-refractivity contribution in [3.8, 4) is 12.3 Å². The molecule has 1 fully saturated rings. The Morgan fingerprint density at radius 2 is 2.22 bits per heavy atom. The van der Waals surface area contributed by atoms with Crippen LogP contribution in [0.15, 0.2) is 35.5 Å². The Hall–Kier alpha value is -1.94. The van der Waals surface area contributed by atoms with Crippen LogP contribution in [0.5, 0.6) is 0 Å². The Morgan fingerprint density at radius 1 is 1.39 bits per heavy atom. The third kappa shape index (κ3) is 2.83. The van der Waals surface area contributed by atoms with Gasteiger partial charge in [-0.1, -0.05) is 18.1 Å². The van der Waals surface area contributed by atoms with Crippen molar-refractivity contribution >= 4 is 20.8 Å². The van der Waals surface area contributed by atoms with Gasteiger partial charge in [0, 0.05) is 42.3 Å². The number of nitrogens with zero attached hydrogens (tertiary/aromatic N) is 2. The van der Waals surface area contributed by atoms with E-state index in [-0.39, 0.29) is 10.9 Å². The van der Waals surface area contributed by atoms with Gasteiger partial charge in [0.15, 0.2) is 0 Å². The Morgan fingerprint density at radius 3 is 3.00 bits per heavy atom. The van der Waals surface area contributed by atoms with E-state index in [0.717, 1.165) is 18.4 Å². The Labute approximate surface area is 136 Å². The molecule has 3 rings (SSSR count). The van der Waals surface area contributed by atoms with Gasteiger partial charge in [0.25, 0.3) is 0 Å². The maximum absolute atomic E-state index is 13.2. The molecular weight excluding hydrogens is 310 g/mol. The van der Waals surface area contributed by atoms with E-state index in [0.29, 0.717) is 24.0 Å². The predicted molar refractivity (Wildman–Crippen MR) is 90.5 cm³/mol. The lowest BCUT2D eigenvalue weighted by Crippen LogP contribution is -2.41. The first-order valence-electron chi connectivity index (χ1n) is 7.61. The summed E-state index contributed by atoms with van der Waals surface area (Å²) in [6.07, 6.45) is 9.52. The second kappa shape index (κ2) is 6.28. The molecule has 0 aliphatic carbocycles. The molecule has 5 nitrogen and oxygen atoms in total. The lowest BCUT2D eigenvalue weighted by Gasteiger charge is -2.26. The van der Waals surface area contributed by atoms with Crippen molar-refractivity contribution in [2.45, 2.75) is 24.3 Å². The van der Waals surface area contributed by atoms with E-state index in [4.69, 9.17) is 6.42 Å². The molecular formula is C17H19N3O2S. The summed E-state index contributed by atoms with van der Waals surface area (Å²) in [7, 11) is -3.62. The third-order valence-corrected chi connectivity index (χ3v) is 6.21. The van der Waals surface area contributed by atoms with Crippen LogP contribution in [0.25, 0.3) is 10.8 Å². The number of rotatable bonds is 2. The van der Waals surface area contributed by atoms with Crippen molar-refractivity contribution < 1.29 is 8.42 Å². The first kappa shape index (κ1) is 15.9. The van der Waals surface area contributed by atoms with Crippen LogP contribution in [0.3, 0.4) is 0 Å². The maximum atomic E-state index is 13.2. The summed E-state index contributed by atoms with van der Waals surface area (Å²) >= 11 is 0. The van der Waals surface area contributed by atoms with Gasteiger partial charge in [-0.25, -0.2) is 8.42 Å². The van der Waals surface area contributed by atoms with Crippen LogP contribution >= 0.6 is 0 Å². The zero-order valence-electron chi connectivity index (χ0n) is 13.0. The molecule has 6 heteroatoms. The van der Waals surface area contributed by atoms with Crippen LogP contribution in [0, 0.1) is 12.3 Å². The summed E-state index contributed by atoms with van der Waals surface area (Å²) in [4.78, 5) is 4.35. The zero-order chi connectivity index (χ0) is 16.4. The van der Waals surface area contributed by atoms with Crippen LogP contribution in [-0.2, 0) is 10.0 Å². The van der Waals surface area contributed by atoms with E-state index < -0.39 is 10.0 Å². The van der Waals surface area contributed by atoms with Crippen LogP contribution < -0.4 is 5.32 Å². The van der Waals surface area contributed by atoms with Gasteiger partial charge < -0.3 is 5.32 Å². The van der Waals surface area contributed by atoms with E-state index in [1.54, 1.807) is 22.6 Å². The van der Waals surface area contributed by atoms with Gasteiger partial charge in [0.2, 0.25) is 10.0 Å². The van der Waals surface area contributed by atoms with Crippen molar-refractivity contribution in [3.63, 3.8) is 0 Å². The van der Waals surface area contributed by atoms with Gasteiger partial charge in [0.1, 0.15) is 0 Å². The van der Waals surface area contributed by atoms with Crippen molar-refractivity contribution in [2.24, 2.45) is 0 Å².